The minimum absolute atomic E-state index is 0.0935. The molecule has 0 atom stereocenters. The van der Waals surface area contributed by atoms with Crippen LogP contribution in [-0.2, 0) is 0 Å². The Balaban J connectivity index is 1.91. The van der Waals surface area contributed by atoms with Crippen LogP contribution in [0.1, 0.15) is 11.4 Å². The van der Waals surface area contributed by atoms with Crippen molar-refractivity contribution in [2.45, 2.75) is 0 Å². The number of nitrogens with one attached hydrogen (secondary N) is 1. The van der Waals surface area contributed by atoms with Gasteiger partial charge in [0.15, 0.2) is 5.82 Å². The Morgan fingerprint density at radius 2 is 1.96 bits per heavy atom. The van der Waals surface area contributed by atoms with Crippen LogP contribution < -0.4 is 4.74 Å². The number of ether oxygens (including phenoxy) is 1. The summed E-state index contributed by atoms with van der Waals surface area (Å²) in [5.41, 5.74) is 2.53. The minimum Gasteiger partial charge on any atom is -0.506 e. The maximum Gasteiger partial charge on any atom is 0.152 e. The number of rotatable bonds is 4. The standard InChI is InChI=1S/C19H15N3O2/c1-24-14-9-6-13(7-10-14)8-11-18(23)15(12-20)19-21-16-4-2-3-5-17(16)22-19/h2-11,23H,1H3,(H,21,22)/b11-8+,18-15+. The van der Waals surface area contributed by atoms with Crippen LogP contribution in [0.4, 0.5) is 0 Å². The fourth-order valence-corrected chi connectivity index (χ4v) is 2.28. The Morgan fingerprint density at radius 3 is 2.62 bits per heavy atom. The van der Waals surface area contributed by atoms with Gasteiger partial charge in [-0.05, 0) is 35.9 Å². The number of H-pyrrole nitrogens is 1. The van der Waals surface area contributed by atoms with Crippen molar-refractivity contribution < 1.29 is 9.84 Å². The molecule has 2 aromatic carbocycles. The van der Waals surface area contributed by atoms with E-state index in [2.05, 4.69) is 9.97 Å². The smallest absolute Gasteiger partial charge is 0.152 e. The molecule has 5 nitrogen and oxygen atoms in total. The van der Waals surface area contributed by atoms with Crippen LogP contribution in [0.2, 0.25) is 0 Å². The van der Waals surface area contributed by atoms with E-state index in [1.807, 2.05) is 54.6 Å². The Kier molecular flexibility index (Phi) is 4.30. The number of methoxy groups -OCH3 is 1. The molecule has 0 radical (unpaired) electrons. The average molecular weight is 317 g/mol. The number of fused-ring (bicyclic) bond motifs is 1. The Morgan fingerprint density at radius 1 is 1.21 bits per heavy atom. The number of aliphatic hydroxyl groups excluding tert-OH is 1. The third-order valence-corrected chi connectivity index (χ3v) is 3.54. The van der Waals surface area contributed by atoms with Crippen LogP contribution in [-0.4, -0.2) is 22.2 Å². The van der Waals surface area contributed by atoms with Crippen molar-refractivity contribution >= 4 is 22.7 Å². The van der Waals surface area contributed by atoms with Gasteiger partial charge < -0.3 is 14.8 Å². The Bertz CT molecular complexity index is 927. The number of aromatic amines is 1. The summed E-state index contributed by atoms with van der Waals surface area (Å²) in [6.45, 7) is 0. The van der Waals surface area contributed by atoms with E-state index < -0.39 is 0 Å². The molecule has 0 spiro atoms. The van der Waals surface area contributed by atoms with Gasteiger partial charge in [0.1, 0.15) is 23.2 Å². The second kappa shape index (κ2) is 6.71. The minimum atomic E-state index is -0.146. The first-order valence-electron chi connectivity index (χ1n) is 7.32. The normalized spacial score (nSPS) is 12.2. The van der Waals surface area contributed by atoms with Crippen molar-refractivity contribution in [2.24, 2.45) is 0 Å². The molecule has 0 aliphatic heterocycles. The fourth-order valence-electron chi connectivity index (χ4n) is 2.28. The van der Waals surface area contributed by atoms with Gasteiger partial charge in [-0.3, -0.25) is 0 Å². The number of nitriles is 1. The van der Waals surface area contributed by atoms with E-state index in [-0.39, 0.29) is 11.3 Å². The van der Waals surface area contributed by atoms with Crippen molar-refractivity contribution in [3.63, 3.8) is 0 Å². The van der Waals surface area contributed by atoms with Crippen molar-refractivity contribution in [1.29, 1.82) is 5.26 Å². The molecule has 2 N–H and O–H groups in total. The number of hydrogen-bond donors (Lipinski definition) is 2. The first kappa shape index (κ1) is 15.4. The van der Waals surface area contributed by atoms with Gasteiger partial charge >= 0.3 is 0 Å². The van der Waals surface area contributed by atoms with Gasteiger partial charge in [-0.2, -0.15) is 5.26 Å². The maximum atomic E-state index is 10.2. The lowest BCUT2D eigenvalue weighted by atomic mass is 10.1. The molecule has 0 amide bonds. The predicted molar refractivity (Wildman–Crippen MR) is 93.3 cm³/mol. The molecule has 0 saturated heterocycles. The number of imidazole rings is 1. The molecule has 5 heteroatoms. The van der Waals surface area contributed by atoms with E-state index in [1.54, 1.807) is 13.2 Å². The molecule has 0 saturated carbocycles. The highest BCUT2D eigenvalue weighted by molar-refractivity contribution is 5.83. The molecule has 1 aromatic heterocycles. The van der Waals surface area contributed by atoms with Crippen LogP contribution in [0.5, 0.6) is 5.75 Å². The van der Waals surface area contributed by atoms with Crippen molar-refractivity contribution in [2.75, 3.05) is 7.11 Å². The summed E-state index contributed by atoms with van der Waals surface area (Å²) < 4.78 is 5.10. The van der Waals surface area contributed by atoms with E-state index >= 15 is 0 Å². The first-order chi connectivity index (χ1) is 11.7. The molecule has 0 aliphatic carbocycles. The number of hydrogen-bond acceptors (Lipinski definition) is 4. The van der Waals surface area contributed by atoms with E-state index in [9.17, 15) is 10.4 Å². The summed E-state index contributed by atoms with van der Waals surface area (Å²) in [5.74, 6) is 0.954. The zero-order chi connectivity index (χ0) is 16.9. The highest BCUT2D eigenvalue weighted by Crippen LogP contribution is 2.20. The monoisotopic (exact) mass is 317 g/mol. The summed E-state index contributed by atoms with van der Waals surface area (Å²) >= 11 is 0. The second-order valence-corrected chi connectivity index (χ2v) is 5.08. The van der Waals surface area contributed by atoms with E-state index in [4.69, 9.17) is 4.74 Å². The maximum absolute atomic E-state index is 10.2. The van der Waals surface area contributed by atoms with E-state index in [0.29, 0.717) is 5.82 Å². The molecule has 3 aromatic rings. The van der Waals surface area contributed by atoms with Gasteiger partial charge in [0.25, 0.3) is 0 Å². The number of para-hydroxylation sites is 2. The van der Waals surface area contributed by atoms with Crippen LogP contribution in [0.25, 0.3) is 22.7 Å². The van der Waals surface area contributed by atoms with Crippen LogP contribution in [0.15, 0.2) is 60.4 Å². The van der Waals surface area contributed by atoms with Crippen LogP contribution in [0, 0.1) is 11.3 Å². The van der Waals surface area contributed by atoms with E-state index in [0.717, 1.165) is 22.3 Å². The second-order valence-electron chi connectivity index (χ2n) is 5.08. The SMILES string of the molecule is COc1ccc(/C=C/C(O)=C(/C#N)c2nc3ccccc3[nH]2)cc1. The summed E-state index contributed by atoms with van der Waals surface area (Å²) in [5, 5.41) is 19.6. The zero-order valence-electron chi connectivity index (χ0n) is 13.0. The molecule has 3 rings (SSSR count). The summed E-state index contributed by atoms with van der Waals surface area (Å²) in [4.78, 5) is 7.38. The Hall–Kier alpha value is -3.52. The highest BCUT2D eigenvalue weighted by atomic mass is 16.5. The average Bonchev–Trinajstić information content (AvgIpc) is 3.04. The molecule has 0 fully saturated rings. The van der Waals surface area contributed by atoms with Gasteiger partial charge in [0.2, 0.25) is 0 Å². The third-order valence-electron chi connectivity index (χ3n) is 3.54. The number of nitrogens with zero attached hydrogens (tertiary/aromatic N) is 2. The van der Waals surface area contributed by atoms with Gasteiger partial charge in [-0.25, -0.2) is 4.98 Å². The molecular formula is C19H15N3O2. The van der Waals surface area contributed by atoms with Crippen molar-refractivity contribution in [1.82, 2.24) is 9.97 Å². The molecule has 24 heavy (non-hydrogen) atoms. The molecular weight excluding hydrogens is 302 g/mol. The molecule has 0 unspecified atom stereocenters. The Labute approximate surface area is 139 Å². The van der Waals surface area contributed by atoms with Gasteiger partial charge in [0.05, 0.1) is 18.1 Å². The first-order valence-corrected chi connectivity index (χ1v) is 7.32. The van der Waals surface area contributed by atoms with E-state index in [1.165, 1.54) is 6.08 Å². The molecule has 0 aliphatic rings. The highest BCUT2D eigenvalue weighted by Gasteiger charge is 2.11. The molecule has 0 bridgehead atoms. The lowest BCUT2D eigenvalue weighted by molar-refractivity contribution is 0.415. The number of aliphatic hydroxyl groups is 1. The summed E-state index contributed by atoms with van der Waals surface area (Å²) in [6, 6.07) is 16.8. The largest absolute Gasteiger partial charge is 0.506 e. The van der Waals surface area contributed by atoms with Crippen molar-refractivity contribution in [3.05, 3.63) is 71.8 Å². The quantitative estimate of drug-likeness (QED) is 0.431. The van der Waals surface area contributed by atoms with Gasteiger partial charge in [-0.15, -0.1) is 0 Å². The van der Waals surface area contributed by atoms with Gasteiger partial charge in [0, 0.05) is 0 Å². The number of aromatic nitrogens is 2. The fraction of sp³-hybridized carbons (Fsp3) is 0.0526. The lowest BCUT2D eigenvalue weighted by Crippen LogP contribution is -1.90. The summed E-state index contributed by atoms with van der Waals surface area (Å²) in [7, 11) is 1.60. The third kappa shape index (κ3) is 3.13. The molecule has 1 heterocycles. The molecule has 118 valence electrons. The lowest BCUT2D eigenvalue weighted by Gasteiger charge is -1.99. The predicted octanol–water partition coefficient (Wildman–Crippen LogP) is 4.08. The van der Waals surface area contributed by atoms with Crippen LogP contribution in [0.3, 0.4) is 0 Å². The topological polar surface area (TPSA) is 81.9 Å². The number of benzene rings is 2. The zero-order valence-corrected chi connectivity index (χ0v) is 13.0. The number of allylic oxidation sites excluding steroid dienone is 2. The summed E-state index contributed by atoms with van der Waals surface area (Å²) in [6.07, 6.45) is 3.20. The van der Waals surface area contributed by atoms with Crippen molar-refractivity contribution in [3.8, 4) is 11.8 Å². The van der Waals surface area contributed by atoms with Crippen LogP contribution >= 0.6 is 0 Å². The van der Waals surface area contributed by atoms with Gasteiger partial charge in [-0.1, -0.05) is 30.3 Å².